The first-order valence-corrected chi connectivity index (χ1v) is 8.29. The van der Waals surface area contributed by atoms with Crippen LogP contribution in [0.1, 0.15) is 0 Å². The maximum atomic E-state index is 9.55. The predicted octanol–water partition coefficient (Wildman–Crippen LogP) is -1.23. The quantitative estimate of drug-likeness (QED) is 0.161. The van der Waals surface area contributed by atoms with Gasteiger partial charge in [0, 0.05) is 12.2 Å². The Balaban J connectivity index is 0. The maximum absolute atomic E-state index is 9.55. The third-order valence-electron chi connectivity index (χ3n) is 2.33. The molecule has 160 valence electrons. The van der Waals surface area contributed by atoms with Crippen LogP contribution in [-0.4, -0.2) is 112 Å². The van der Waals surface area contributed by atoms with Gasteiger partial charge >= 0.3 is 11.9 Å². The van der Waals surface area contributed by atoms with Gasteiger partial charge in [0.15, 0.2) is 0 Å². The fourth-order valence-corrected chi connectivity index (χ4v) is 1.25. The zero-order valence-corrected chi connectivity index (χ0v) is 15.3. The van der Waals surface area contributed by atoms with E-state index in [9.17, 15) is 9.59 Å². The molecular formula is C16H30O11. The van der Waals surface area contributed by atoms with Gasteiger partial charge in [-0.15, -0.1) is 0 Å². The van der Waals surface area contributed by atoms with Gasteiger partial charge < -0.3 is 44.1 Å². The largest absolute Gasteiger partial charge is 0.478 e. The monoisotopic (exact) mass is 398 g/mol. The third-order valence-corrected chi connectivity index (χ3v) is 2.33. The average Bonchev–Trinajstić information content (AvgIpc) is 2.64. The SMILES string of the molecule is O=C(O)C=CC(=O)O.OCCOCCOCCOCCOCCOCCO. The summed E-state index contributed by atoms with van der Waals surface area (Å²) in [7, 11) is 0. The van der Waals surface area contributed by atoms with Gasteiger partial charge in [0.05, 0.1) is 79.3 Å². The van der Waals surface area contributed by atoms with E-state index in [1.165, 1.54) is 0 Å². The van der Waals surface area contributed by atoms with Gasteiger partial charge in [-0.1, -0.05) is 0 Å². The Morgan fingerprint density at radius 1 is 0.519 bits per heavy atom. The Morgan fingerprint density at radius 3 is 0.926 bits per heavy atom. The van der Waals surface area contributed by atoms with Gasteiger partial charge in [0.1, 0.15) is 0 Å². The van der Waals surface area contributed by atoms with Crippen molar-refractivity contribution in [3.05, 3.63) is 12.2 Å². The molecule has 0 radical (unpaired) electrons. The van der Waals surface area contributed by atoms with Gasteiger partial charge in [-0.05, 0) is 0 Å². The van der Waals surface area contributed by atoms with Crippen molar-refractivity contribution in [1.29, 1.82) is 0 Å². The van der Waals surface area contributed by atoms with Crippen LogP contribution < -0.4 is 0 Å². The predicted molar refractivity (Wildman–Crippen MR) is 92.7 cm³/mol. The molecule has 0 fully saturated rings. The molecule has 0 saturated heterocycles. The minimum Gasteiger partial charge on any atom is -0.478 e. The minimum atomic E-state index is -1.26. The van der Waals surface area contributed by atoms with Crippen LogP contribution in [0.15, 0.2) is 12.2 Å². The molecule has 11 nitrogen and oxygen atoms in total. The summed E-state index contributed by atoms with van der Waals surface area (Å²) in [6.45, 7) is 4.80. The molecule has 0 rings (SSSR count). The smallest absolute Gasteiger partial charge is 0.328 e. The molecule has 0 aromatic heterocycles. The van der Waals surface area contributed by atoms with Crippen LogP contribution in [0.3, 0.4) is 0 Å². The zero-order valence-electron chi connectivity index (χ0n) is 15.3. The molecule has 0 unspecified atom stereocenters. The summed E-state index contributed by atoms with van der Waals surface area (Å²) in [5, 5.41) is 32.5. The van der Waals surface area contributed by atoms with Crippen LogP contribution in [0.2, 0.25) is 0 Å². The maximum Gasteiger partial charge on any atom is 0.328 e. The van der Waals surface area contributed by atoms with E-state index in [2.05, 4.69) is 0 Å². The lowest BCUT2D eigenvalue weighted by molar-refractivity contribution is -0.134. The van der Waals surface area contributed by atoms with Gasteiger partial charge in [-0.25, -0.2) is 9.59 Å². The Morgan fingerprint density at radius 2 is 0.741 bits per heavy atom. The Labute approximate surface area is 158 Å². The summed E-state index contributed by atoms with van der Waals surface area (Å²) < 4.78 is 25.8. The molecule has 0 heterocycles. The molecule has 4 N–H and O–H groups in total. The normalized spacial score (nSPS) is 10.6. The Kier molecular flexibility index (Phi) is 25.0. The Hall–Kier alpha value is -1.60. The molecule has 0 bridgehead atoms. The van der Waals surface area contributed by atoms with E-state index in [1.807, 2.05) is 0 Å². The number of ether oxygens (including phenoxy) is 5. The van der Waals surface area contributed by atoms with Crippen molar-refractivity contribution >= 4 is 11.9 Å². The number of hydrogen-bond acceptors (Lipinski definition) is 9. The topological polar surface area (TPSA) is 161 Å². The van der Waals surface area contributed by atoms with Crippen molar-refractivity contribution in [3.8, 4) is 0 Å². The molecular weight excluding hydrogens is 368 g/mol. The van der Waals surface area contributed by atoms with E-state index >= 15 is 0 Å². The summed E-state index contributed by atoms with van der Waals surface area (Å²) in [4.78, 5) is 19.1. The molecule has 0 spiro atoms. The lowest BCUT2D eigenvalue weighted by Crippen LogP contribution is -2.14. The number of aliphatic hydroxyl groups excluding tert-OH is 2. The second-order valence-electron chi connectivity index (χ2n) is 4.52. The summed E-state index contributed by atoms with van der Waals surface area (Å²) >= 11 is 0. The number of aliphatic hydroxyl groups is 2. The van der Waals surface area contributed by atoms with Crippen molar-refractivity contribution in [1.82, 2.24) is 0 Å². The number of carboxylic acid groups (broad SMARTS) is 2. The minimum absolute atomic E-state index is 0.0359. The summed E-state index contributed by atoms with van der Waals surface area (Å²) in [5.74, 6) is -2.51. The summed E-state index contributed by atoms with van der Waals surface area (Å²) in [6, 6.07) is 0. The van der Waals surface area contributed by atoms with Crippen LogP contribution in [0, 0.1) is 0 Å². The second-order valence-corrected chi connectivity index (χ2v) is 4.52. The van der Waals surface area contributed by atoms with Crippen LogP contribution in [-0.2, 0) is 33.3 Å². The van der Waals surface area contributed by atoms with Gasteiger partial charge in [-0.2, -0.15) is 0 Å². The molecule has 0 amide bonds. The molecule has 0 aromatic carbocycles. The highest BCUT2D eigenvalue weighted by Crippen LogP contribution is 1.83. The van der Waals surface area contributed by atoms with Crippen LogP contribution in [0.5, 0.6) is 0 Å². The highest BCUT2D eigenvalue weighted by molar-refractivity contribution is 5.89. The van der Waals surface area contributed by atoms with E-state index in [0.29, 0.717) is 78.2 Å². The van der Waals surface area contributed by atoms with Crippen LogP contribution >= 0.6 is 0 Å². The van der Waals surface area contributed by atoms with E-state index in [1.54, 1.807) is 0 Å². The van der Waals surface area contributed by atoms with Gasteiger partial charge in [0.2, 0.25) is 0 Å². The molecule has 0 atom stereocenters. The molecule has 0 saturated carbocycles. The van der Waals surface area contributed by atoms with Crippen LogP contribution in [0.4, 0.5) is 0 Å². The number of carbonyl (C=O) groups is 2. The average molecular weight is 398 g/mol. The first-order valence-electron chi connectivity index (χ1n) is 8.29. The highest BCUT2D eigenvalue weighted by Gasteiger charge is 1.93. The molecule has 0 aliphatic rings. The lowest BCUT2D eigenvalue weighted by Gasteiger charge is -2.07. The first-order chi connectivity index (χ1) is 13.0. The summed E-state index contributed by atoms with van der Waals surface area (Å²) in [6.07, 6.45) is 1.12. The van der Waals surface area contributed by atoms with Gasteiger partial charge in [-0.3, -0.25) is 0 Å². The zero-order chi connectivity index (χ0) is 20.6. The van der Waals surface area contributed by atoms with Crippen molar-refractivity contribution in [2.24, 2.45) is 0 Å². The van der Waals surface area contributed by atoms with E-state index < -0.39 is 11.9 Å². The highest BCUT2D eigenvalue weighted by atomic mass is 16.6. The van der Waals surface area contributed by atoms with Crippen molar-refractivity contribution in [2.75, 3.05) is 79.3 Å². The number of carboxylic acids is 2. The number of hydrogen-bond donors (Lipinski definition) is 4. The van der Waals surface area contributed by atoms with Crippen molar-refractivity contribution in [2.45, 2.75) is 0 Å². The molecule has 11 heteroatoms. The fourth-order valence-electron chi connectivity index (χ4n) is 1.25. The first kappa shape index (κ1) is 27.6. The standard InChI is InChI=1S/C12H26O7.C4H4O4/c13-1-3-15-5-7-17-9-11-19-12-10-18-8-6-16-4-2-14;5-3(6)1-2-4(7)8/h13-14H,1-12H2;1-2H,(H,5,6)(H,7,8). The summed E-state index contributed by atoms with van der Waals surface area (Å²) in [5.41, 5.74) is 0. The third kappa shape index (κ3) is 32.5. The molecule has 0 aromatic rings. The van der Waals surface area contributed by atoms with E-state index in [4.69, 9.17) is 44.1 Å². The lowest BCUT2D eigenvalue weighted by atomic mass is 10.5. The van der Waals surface area contributed by atoms with E-state index in [0.717, 1.165) is 0 Å². The van der Waals surface area contributed by atoms with Crippen molar-refractivity contribution < 1.29 is 53.7 Å². The van der Waals surface area contributed by atoms with Gasteiger partial charge in [0.25, 0.3) is 0 Å². The fraction of sp³-hybridized carbons (Fsp3) is 0.750. The van der Waals surface area contributed by atoms with E-state index in [-0.39, 0.29) is 13.2 Å². The molecule has 0 aliphatic carbocycles. The van der Waals surface area contributed by atoms with Crippen molar-refractivity contribution in [3.63, 3.8) is 0 Å². The number of rotatable bonds is 18. The Bertz CT molecular complexity index is 328. The molecule has 0 aliphatic heterocycles. The molecule has 27 heavy (non-hydrogen) atoms. The second kappa shape index (κ2) is 24.4. The number of aliphatic carboxylic acids is 2. The van der Waals surface area contributed by atoms with Crippen LogP contribution in [0.25, 0.3) is 0 Å².